The van der Waals surface area contributed by atoms with Crippen molar-refractivity contribution in [3.05, 3.63) is 26.7 Å². The maximum Gasteiger partial charge on any atom is 0.156 e. The van der Waals surface area contributed by atoms with Gasteiger partial charge in [0.15, 0.2) is 5.75 Å². The van der Waals surface area contributed by atoms with Crippen LogP contribution in [0.15, 0.2) is 16.6 Å². The van der Waals surface area contributed by atoms with Crippen molar-refractivity contribution < 1.29 is 4.74 Å². The molecular weight excluding hydrogens is 301 g/mol. The highest BCUT2D eigenvalue weighted by molar-refractivity contribution is 9.10. The molecule has 1 N–H and O–H groups in total. The molecule has 84 valence electrons. The lowest BCUT2D eigenvalue weighted by atomic mass is 10.3. The van der Waals surface area contributed by atoms with E-state index in [1.807, 2.05) is 6.92 Å². The first-order chi connectivity index (χ1) is 7.15. The Bertz CT molecular complexity index is 310. The smallest absolute Gasteiger partial charge is 0.156 e. The first-order valence-corrected chi connectivity index (χ1v) is 6.18. The zero-order valence-electron chi connectivity index (χ0n) is 8.32. The third-order valence-electron chi connectivity index (χ3n) is 1.74. The molecule has 15 heavy (non-hydrogen) atoms. The van der Waals surface area contributed by atoms with Crippen molar-refractivity contribution in [1.29, 1.82) is 0 Å². The summed E-state index contributed by atoms with van der Waals surface area (Å²) >= 11 is 15.3. The maximum atomic E-state index is 5.99. The van der Waals surface area contributed by atoms with Gasteiger partial charge in [0.25, 0.3) is 0 Å². The number of hydrogen-bond acceptors (Lipinski definition) is 2. The molecule has 5 heteroatoms. The first-order valence-electron chi connectivity index (χ1n) is 4.63. The van der Waals surface area contributed by atoms with Gasteiger partial charge in [-0.2, -0.15) is 0 Å². The van der Waals surface area contributed by atoms with Gasteiger partial charge in [0.1, 0.15) is 6.61 Å². The van der Waals surface area contributed by atoms with Gasteiger partial charge in [-0.1, -0.05) is 46.1 Å². The molecule has 0 unspecified atom stereocenters. The predicted octanol–water partition coefficient (Wildman–Crippen LogP) is 3.74. The molecule has 0 fully saturated rings. The highest BCUT2D eigenvalue weighted by Crippen LogP contribution is 2.35. The zero-order valence-corrected chi connectivity index (χ0v) is 11.4. The van der Waals surface area contributed by atoms with Gasteiger partial charge < -0.3 is 10.1 Å². The number of nitrogens with one attached hydrogen (secondary N) is 1. The van der Waals surface area contributed by atoms with Crippen LogP contribution in [-0.4, -0.2) is 19.7 Å². The summed E-state index contributed by atoms with van der Waals surface area (Å²) in [5, 5.41) is 4.19. The van der Waals surface area contributed by atoms with Crippen LogP contribution in [0.2, 0.25) is 10.0 Å². The molecule has 0 radical (unpaired) electrons. The number of benzene rings is 1. The Labute approximate surface area is 108 Å². The van der Waals surface area contributed by atoms with Crippen molar-refractivity contribution in [2.45, 2.75) is 6.92 Å². The predicted molar refractivity (Wildman–Crippen MR) is 68.2 cm³/mol. The second-order valence-electron chi connectivity index (χ2n) is 2.90. The molecule has 0 aliphatic carbocycles. The van der Waals surface area contributed by atoms with Gasteiger partial charge in [-0.25, -0.2) is 0 Å². The van der Waals surface area contributed by atoms with E-state index >= 15 is 0 Å². The van der Waals surface area contributed by atoms with Gasteiger partial charge >= 0.3 is 0 Å². The largest absolute Gasteiger partial charge is 0.489 e. The molecule has 0 heterocycles. The first kappa shape index (κ1) is 13.1. The third kappa shape index (κ3) is 4.19. The Morgan fingerprint density at radius 3 is 2.47 bits per heavy atom. The van der Waals surface area contributed by atoms with E-state index in [-0.39, 0.29) is 0 Å². The SMILES string of the molecule is CCNCCOc1c(Cl)cc(Br)cc1Cl. The van der Waals surface area contributed by atoms with Crippen molar-refractivity contribution in [2.75, 3.05) is 19.7 Å². The maximum absolute atomic E-state index is 5.99. The van der Waals surface area contributed by atoms with E-state index in [0.29, 0.717) is 22.4 Å². The third-order valence-corrected chi connectivity index (χ3v) is 2.76. The van der Waals surface area contributed by atoms with Crippen molar-refractivity contribution in [3.63, 3.8) is 0 Å². The topological polar surface area (TPSA) is 21.3 Å². The fourth-order valence-electron chi connectivity index (χ4n) is 1.07. The van der Waals surface area contributed by atoms with E-state index in [1.54, 1.807) is 12.1 Å². The molecule has 1 aromatic rings. The molecular formula is C10H12BrCl2NO. The molecule has 2 nitrogen and oxygen atoms in total. The van der Waals surface area contributed by atoms with Gasteiger partial charge in [0.05, 0.1) is 10.0 Å². The Hall–Kier alpha value is 0.0400. The molecule has 0 aliphatic heterocycles. The highest BCUT2D eigenvalue weighted by Gasteiger charge is 2.08. The van der Waals surface area contributed by atoms with Gasteiger partial charge in [0.2, 0.25) is 0 Å². The van der Waals surface area contributed by atoms with E-state index in [0.717, 1.165) is 17.6 Å². The Morgan fingerprint density at radius 1 is 1.33 bits per heavy atom. The zero-order chi connectivity index (χ0) is 11.3. The summed E-state index contributed by atoms with van der Waals surface area (Å²) in [6.07, 6.45) is 0. The van der Waals surface area contributed by atoms with Crippen LogP contribution in [0.4, 0.5) is 0 Å². The number of likely N-dealkylation sites (N-methyl/N-ethyl adjacent to an activating group) is 1. The molecule has 0 spiro atoms. The summed E-state index contributed by atoms with van der Waals surface area (Å²) in [4.78, 5) is 0. The molecule has 1 rings (SSSR count). The Morgan fingerprint density at radius 2 is 1.93 bits per heavy atom. The van der Waals surface area contributed by atoms with Crippen LogP contribution in [0, 0.1) is 0 Å². The van der Waals surface area contributed by atoms with Crippen LogP contribution in [-0.2, 0) is 0 Å². The minimum atomic E-state index is 0.519. The quantitative estimate of drug-likeness (QED) is 0.836. The average Bonchev–Trinajstić information content (AvgIpc) is 2.15. The minimum absolute atomic E-state index is 0.519. The minimum Gasteiger partial charge on any atom is -0.489 e. The van der Waals surface area contributed by atoms with Crippen molar-refractivity contribution in [1.82, 2.24) is 5.32 Å². The van der Waals surface area contributed by atoms with E-state index in [1.165, 1.54) is 0 Å². The summed E-state index contributed by atoms with van der Waals surface area (Å²) in [5.74, 6) is 0.541. The van der Waals surface area contributed by atoms with Crippen LogP contribution in [0.5, 0.6) is 5.75 Å². The van der Waals surface area contributed by atoms with Gasteiger partial charge in [-0.05, 0) is 18.7 Å². The molecule has 0 saturated heterocycles. The summed E-state index contributed by atoms with van der Waals surface area (Å²) in [6, 6.07) is 3.52. The Balaban J connectivity index is 2.60. The molecule has 0 aromatic heterocycles. The molecule has 0 amide bonds. The number of halogens is 3. The Kier molecular flexibility index (Phi) is 5.75. The standard InChI is InChI=1S/C10H12BrCl2NO/c1-2-14-3-4-15-10-8(12)5-7(11)6-9(10)13/h5-6,14H,2-4H2,1H3. The van der Waals surface area contributed by atoms with Crippen LogP contribution < -0.4 is 10.1 Å². The second kappa shape index (κ2) is 6.59. The van der Waals surface area contributed by atoms with Crippen LogP contribution in [0.25, 0.3) is 0 Å². The lowest BCUT2D eigenvalue weighted by Crippen LogP contribution is -2.20. The monoisotopic (exact) mass is 311 g/mol. The van der Waals surface area contributed by atoms with Crippen molar-refractivity contribution >= 4 is 39.1 Å². The van der Waals surface area contributed by atoms with Crippen molar-refractivity contribution in [2.24, 2.45) is 0 Å². The van der Waals surface area contributed by atoms with E-state index in [9.17, 15) is 0 Å². The van der Waals surface area contributed by atoms with Gasteiger partial charge in [-0.3, -0.25) is 0 Å². The van der Waals surface area contributed by atoms with Gasteiger partial charge in [-0.15, -0.1) is 0 Å². The van der Waals surface area contributed by atoms with Crippen LogP contribution in [0.3, 0.4) is 0 Å². The van der Waals surface area contributed by atoms with Crippen molar-refractivity contribution in [3.8, 4) is 5.75 Å². The summed E-state index contributed by atoms with van der Waals surface area (Å²) in [7, 11) is 0. The summed E-state index contributed by atoms with van der Waals surface area (Å²) in [5.41, 5.74) is 0. The number of ether oxygens (including phenoxy) is 1. The normalized spacial score (nSPS) is 10.4. The van der Waals surface area contributed by atoms with Gasteiger partial charge in [0, 0.05) is 11.0 Å². The van der Waals surface area contributed by atoms with Crippen LogP contribution in [0.1, 0.15) is 6.92 Å². The fraction of sp³-hybridized carbons (Fsp3) is 0.400. The lowest BCUT2D eigenvalue weighted by molar-refractivity contribution is 0.316. The second-order valence-corrected chi connectivity index (χ2v) is 4.63. The fourth-order valence-corrected chi connectivity index (χ4v) is 2.39. The average molecular weight is 313 g/mol. The number of hydrogen-bond donors (Lipinski definition) is 1. The highest BCUT2D eigenvalue weighted by atomic mass is 79.9. The van der Waals surface area contributed by atoms with E-state index < -0.39 is 0 Å². The molecule has 1 aromatic carbocycles. The van der Waals surface area contributed by atoms with Crippen LogP contribution >= 0.6 is 39.1 Å². The summed E-state index contributed by atoms with van der Waals surface area (Å²) < 4.78 is 6.32. The van der Waals surface area contributed by atoms with E-state index in [2.05, 4.69) is 21.2 Å². The summed E-state index contributed by atoms with van der Waals surface area (Å²) in [6.45, 7) is 4.29. The molecule has 0 aliphatic rings. The molecule has 0 saturated carbocycles. The molecule has 0 atom stereocenters. The molecule has 0 bridgehead atoms. The van der Waals surface area contributed by atoms with E-state index in [4.69, 9.17) is 27.9 Å². The lowest BCUT2D eigenvalue weighted by Gasteiger charge is -2.10. The number of rotatable bonds is 5.